The van der Waals surface area contributed by atoms with Crippen LogP contribution in [0.5, 0.6) is 0 Å². The summed E-state index contributed by atoms with van der Waals surface area (Å²) >= 11 is 0. The van der Waals surface area contributed by atoms with Gasteiger partial charge < -0.3 is 0 Å². The van der Waals surface area contributed by atoms with Gasteiger partial charge in [0.2, 0.25) is 0 Å². The second kappa shape index (κ2) is 8.39. The quantitative estimate of drug-likeness (QED) is 0.409. The van der Waals surface area contributed by atoms with Gasteiger partial charge in [-0.1, -0.05) is 92.7 Å². The number of hydrogen-bond donors (Lipinski definition) is 0. The number of allylic oxidation sites excluding steroid dienone is 4. The molecule has 0 aliphatic heterocycles. The van der Waals surface area contributed by atoms with E-state index in [0.29, 0.717) is 11.8 Å². The van der Waals surface area contributed by atoms with Crippen LogP contribution in [-0.4, -0.2) is 0 Å². The van der Waals surface area contributed by atoms with Gasteiger partial charge in [-0.15, -0.1) is 0 Å². The van der Waals surface area contributed by atoms with Crippen LogP contribution >= 0.6 is 0 Å². The van der Waals surface area contributed by atoms with Crippen molar-refractivity contribution in [2.75, 3.05) is 0 Å². The first-order chi connectivity index (χ1) is 13.0. The molecule has 2 atom stereocenters. The molecule has 0 radical (unpaired) electrons. The zero-order chi connectivity index (χ0) is 19.4. The Morgan fingerprint density at radius 1 is 0.815 bits per heavy atom. The molecule has 0 aliphatic carbocycles. The maximum absolute atomic E-state index is 2.33. The molecule has 0 heteroatoms. The molecule has 0 N–H and O–H groups in total. The molecule has 0 bridgehead atoms. The zero-order valence-corrected chi connectivity index (χ0v) is 17.2. The van der Waals surface area contributed by atoms with Crippen LogP contribution in [0, 0.1) is 19.8 Å². The molecule has 0 aromatic heterocycles. The molecular weight excluding hydrogens is 324 g/mol. The standard InChI is InChI=1S/C27H30/c1-19(23(5)25-15-8-6-11-20(25)2)12-10-13-21(3)27-22(4)17-18-24-14-7-9-16-26(24)27/h6-19,23H,1-5H3/b12-10-,21-13+. The van der Waals surface area contributed by atoms with E-state index in [1.807, 2.05) is 0 Å². The summed E-state index contributed by atoms with van der Waals surface area (Å²) in [4.78, 5) is 0. The van der Waals surface area contributed by atoms with Crippen LogP contribution in [0.4, 0.5) is 0 Å². The first-order valence-corrected chi connectivity index (χ1v) is 9.88. The molecule has 2 unspecified atom stereocenters. The average Bonchev–Trinajstić information content (AvgIpc) is 2.67. The van der Waals surface area contributed by atoms with Gasteiger partial charge in [-0.2, -0.15) is 0 Å². The van der Waals surface area contributed by atoms with Gasteiger partial charge >= 0.3 is 0 Å². The van der Waals surface area contributed by atoms with E-state index in [-0.39, 0.29) is 0 Å². The lowest BCUT2D eigenvalue weighted by Gasteiger charge is -2.19. The van der Waals surface area contributed by atoms with Crippen LogP contribution in [0.25, 0.3) is 16.3 Å². The summed E-state index contributed by atoms with van der Waals surface area (Å²) < 4.78 is 0. The zero-order valence-electron chi connectivity index (χ0n) is 17.2. The van der Waals surface area contributed by atoms with Crippen molar-refractivity contribution in [2.24, 2.45) is 5.92 Å². The molecule has 3 aromatic carbocycles. The van der Waals surface area contributed by atoms with E-state index in [9.17, 15) is 0 Å². The Kier molecular flexibility index (Phi) is 5.96. The van der Waals surface area contributed by atoms with E-state index in [4.69, 9.17) is 0 Å². The molecule has 0 spiro atoms. The van der Waals surface area contributed by atoms with E-state index in [1.54, 1.807) is 0 Å². The lowest BCUT2D eigenvalue weighted by molar-refractivity contribution is 0.588. The van der Waals surface area contributed by atoms with Crippen molar-refractivity contribution < 1.29 is 0 Å². The van der Waals surface area contributed by atoms with Gasteiger partial charge in [0.25, 0.3) is 0 Å². The minimum Gasteiger partial charge on any atom is -0.0811 e. The number of rotatable bonds is 5. The largest absolute Gasteiger partial charge is 0.0811 e. The average molecular weight is 355 g/mol. The SMILES string of the molecule is C/C(=C\C=C/C(C)C(C)c1ccccc1C)c1c(C)ccc2ccccc12. The number of fused-ring (bicyclic) bond motifs is 1. The third-order valence-corrected chi connectivity index (χ3v) is 5.76. The second-order valence-electron chi connectivity index (χ2n) is 7.72. The molecule has 0 fully saturated rings. The Morgan fingerprint density at radius 3 is 2.30 bits per heavy atom. The molecule has 0 amide bonds. The smallest absolute Gasteiger partial charge is 0.0106 e. The molecular formula is C27H30. The van der Waals surface area contributed by atoms with E-state index in [2.05, 4.69) is 114 Å². The van der Waals surface area contributed by atoms with Gasteiger partial charge in [-0.25, -0.2) is 0 Å². The first kappa shape index (κ1) is 19.2. The predicted molar refractivity (Wildman–Crippen MR) is 120 cm³/mol. The molecule has 0 aliphatic rings. The maximum Gasteiger partial charge on any atom is -0.0106 e. The predicted octanol–water partition coefficient (Wildman–Crippen LogP) is 7.86. The number of aryl methyl sites for hydroxylation is 2. The van der Waals surface area contributed by atoms with Crippen molar-refractivity contribution >= 4 is 16.3 Å². The lowest BCUT2D eigenvalue weighted by atomic mass is 9.86. The monoisotopic (exact) mass is 354 g/mol. The highest BCUT2D eigenvalue weighted by molar-refractivity contribution is 5.95. The molecule has 138 valence electrons. The highest BCUT2D eigenvalue weighted by Crippen LogP contribution is 2.30. The van der Waals surface area contributed by atoms with Crippen LogP contribution in [0.3, 0.4) is 0 Å². The molecule has 0 nitrogen and oxygen atoms in total. The van der Waals surface area contributed by atoms with Crippen molar-refractivity contribution in [1.29, 1.82) is 0 Å². The van der Waals surface area contributed by atoms with E-state index in [1.165, 1.54) is 38.6 Å². The summed E-state index contributed by atoms with van der Waals surface area (Å²) in [7, 11) is 0. The normalized spacial score (nSPS) is 14.6. The van der Waals surface area contributed by atoms with Crippen molar-refractivity contribution in [3.05, 3.63) is 101 Å². The molecule has 3 aromatic rings. The van der Waals surface area contributed by atoms with Gasteiger partial charge in [-0.05, 0) is 71.2 Å². The van der Waals surface area contributed by atoms with Crippen LogP contribution in [0.2, 0.25) is 0 Å². The minimum atomic E-state index is 0.490. The summed E-state index contributed by atoms with van der Waals surface area (Å²) in [6, 6.07) is 21.8. The Bertz CT molecular complexity index is 988. The maximum atomic E-state index is 2.33. The number of benzene rings is 3. The Labute approximate surface area is 164 Å². The van der Waals surface area contributed by atoms with Gasteiger partial charge in [-0.3, -0.25) is 0 Å². The van der Waals surface area contributed by atoms with Crippen LogP contribution in [0.1, 0.15) is 48.9 Å². The Balaban J connectivity index is 1.84. The Morgan fingerprint density at radius 2 is 1.52 bits per heavy atom. The second-order valence-corrected chi connectivity index (χ2v) is 7.72. The van der Waals surface area contributed by atoms with Crippen molar-refractivity contribution in [2.45, 2.75) is 40.5 Å². The minimum absolute atomic E-state index is 0.490. The first-order valence-electron chi connectivity index (χ1n) is 9.88. The third kappa shape index (κ3) is 4.22. The fourth-order valence-electron chi connectivity index (χ4n) is 3.91. The highest BCUT2D eigenvalue weighted by Gasteiger charge is 2.13. The molecule has 3 rings (SSSR count). The van der Waals surface area contributed by atoms with Crippen LogP contribution in [-0.2, 0) is 0 Å². The summed E-state index contributed by atoms with van der Waals surface area (Å²) in [6.45, 7) is 11.2. The van der Waals surface area contributed by atoms with Crippen molar-refractivity contribution in [1.82, 2.24) is 0 Å². The molecule has 27 heavy (non-hydrogen) atoms. The van der Waals surface area contributed by atoms with Crippen molar-refractivity contribution in [3.63, 3.8) is 0 Å². The topological polar surface area (TPSA) is 0 Å². The highest BCUT2D eigenvalue weighted by atomic mass is 14.2. The summed E-state index contributed by atoms with van der Waals surface area (Å²) in [6.07, 6.45) is 6.83. The van der Waals surface area contributed by atoms with Crippen LogP contribution < -0.4 is 0 Å². The third-order valence-electron chi connectivity index (χ3n) is 5.76. The fraction of sp³-hybridized carbons (Fsp3) is 0.259. The summed E-state index contributed by atoms with van der Waals surface area (Å²) in [5.41, 5.74) is 6.83. The van der Waals surface area contributed by atoms with Crippen LogP contribution in [0.15, 0.2) is 78.9 Å². The lowest BCUT2D eigenvalue weighted by Crippen LogP contribution is -2.05. The summed E-state index contributed by atoms with van der Waals surface area (Å²) in [5.74, 6) is 0.999. The molecule has 0 saturated heterocycles. The van der Waals surface area contributed by atoms with E-state index < -0.39 is 0 Å². The summed E-state index contributed by atoms with van der Waals surface area (Å²) in [5, 5.41) is 2.64. The Hall–Kier alpha value is -2.60. The van der Waals surface area contributed by atoms with E-state index in [0.717, 1.165) is 0 Å². The van der Waals surface area contributed by atoms with Gasteiger partial charge in [0.15, 0.2) is 0 Å². The van der Waals surface area contributed by atoms with Gasteiger partial charge in [0, 0.05) is 0 Å². The van der Waals surface area contributed by atoms with Gasteiger partial charge in [0.05, 0.1) is 0 Å². The van der Waals surface area contributed by atoms with Crippen molar-refractivity contribution in [3.8, 4) is 0 Å². The van der Waals surface area contributed by atoms with E-state index >= 15 is 0 Å². The fourth-order valence-corrected chi connectivity index (χ4v) is 3.91. The number of hydrogen-bond acceptors (Lipinski definition) is 0. The molecule has 0 heterocycles. The molecule has 0 saturated carbocycles. The van der Waals surface area contributed by atoms with Gasteiger partial charge in [0.1, 0.15) is 0 Å².